The molecule has 0 unspecified atom stereocenters. The molecule has 0 N–H and O–H groups in total. The molecule has 3 heteroatoms. The molecule has 6 heavy (non-hydrogen) atoms. The van der Waals surface area contributed by atoms with Gasteiger partial charge in [0.1, 0.15) is 0 Å². The number of alkyl halides is 2. The topological polar surface area (TPSA) is 0 Å². The minimum Gasteiger partial charge on any atom is -0.210 e. The Kier molecular flexibility index (Phi) is 3.73. The summed E-state index contributed by atoms with van der Waals surface area (Å²) in [6.07, 6.45) is -2.37. The van der Waals surface area contributed by atoms with Gasteiger partial charge in [-0.2, -0.15) is 0 Å². The van der Waals surface area contributed by atoms with E-state index in [2.05, 4.69) is 15.9 Å². The predicted octanol–water partition coefficient (Wildman–Crippen LogP) is 2.20. The van der Waals surface area contributed by atoms with Crippen LogP contribution in [0.15, 0.2) is 0 Å². The second-order valence-corrected chi connectivity index (χ2v) is 1.43. The highest BCUT2D eigenvalue weighted by Gasteiger charge is 1.96. The van der Waals surface area contributed by atoms with Crippen molar-refractivity contribution in [1.29, 1.82) is 0 Å². The van der Waals surface area contributed by atoms with E-state index in [1.807, 2.05) is 0 Å². The molecular formula is C3H4BrF2. The molecule has 0 saturated heterocycles. The zero-order chi connectivity index (χ0) is 4.99. The molecule has 0 aromatic heterocycles. The van der Waals surface area contributed by atoms with Crippen LogP contribution in [-0.4, -0.2) is 6.43 Å². The third kappa shape index (κ3) is 4.34. The number of rotatable bonds is 2. The van der Waals surface area contributed by atoms with E-state index in [0.29, 0.717) is 0 Å². The first kappa shape index (κ1) is 6.34. The average Bonchev–Trinajstić information content (AvgIpc) is 1.35. The minimum atomic E-state index is -2.20. The van der Waals surface area contributed by atoms with Crippen LogP contribution in [0.3, 0.4) is 0 Å². The largest absolute Gasteiger partial charge is 0.239 e. The van der Waals surface area contributed by atoms with Gasteiger partial charge in [0.25, 0.3) is 0 Å². The van der Waals surface area contributed by atoms with Crippen LogP contribution in [0.4, 0.5) is 8.78 Å². The zero-order valence-electron chi connectivity index (χ0n) is 3.00. The second kappa shape index (κ2) is 3.53. The highest BCUT2D eigenvalue weighted by atomic mass is 79.9. The minimum absolute atomic E-state index is 0.167. The third-order valence-electron chi connectivity index (χ3n) is 0.267. The Morgan fingerprint density at radius 1 is 1.67 bits per heavy atom. The van der Waals surface area contributed by atoms with Gasteiger partial charge in [-0.25, -0.2) is 8.78 Å². The summed E-state index contributed by atoms with van der Waals surface area (Å²) < 4.78 is 21.9. The molecule has 0 aromatic carbocycles. The van der Waals surface area contributed by atoms with E-state index < -0.39 is 6.43 Å². The summed E-state index contributed by atoms with van der Waals surface area (Å²) in [5.74, 6) is 0. The Balaban J connectivity index is 2.63. The van der Waals surface area contributed by atoms with Crippen molar-refractivity contribution in [3.8, 4) is 0 Å². The van der Waals surface area contributed by atoms with Gasteiger partial charge in [0.2, 0.25) is 6.43 Å². The summed E-state index contributed by atoms with van der Waals surface area (Å²) in [5, 5.41) is 1.26. The van der Waals surface area contributed by atoms with Crippen molar-refractivity contribution in [3.05, 3.63) is 5.33 Å². The molecule has 0 aliphatic rings. The molecule has 0 nitrogen and oxygen atoms in total. The average molecular weight is 158 g/mol. The van der Waals surface area contributed by atoms with E-state index in [4.69, 9.17) is 0 Å². The molecule has 0 aliphatic heterocycles. The Hall–Kier alpha value is 0.340. The monoisotopic (exact) mass is 157 g/mol. The van der Waals surface area contributed by atoms with Crippen LogP contribution >= 0.6 is 15.9 Å². The summed E-state index contributed by atoms with van der Waals surface area (Å²) in [6.45, 7) is 0. The fourth-order valence-corrected chi connectivity index (χ4v) is 0.350. The van der Waals surface area contributed by atoms with Gasteiger partial charge in [0.15, 0.2) is 0 Å². The Morgan fingerprint density at radius 2 is 2.17 bits per heavy atom. The fraction of sp³-hybridized carbons (Fsp3) is 0.667. The van der Waals surface area contributed by atoms with Crippen molar-refractivity contribution in [2.75, 3.05) is 0 Å². The summed E-state index contributed by atoms with van der Waals surface area (Å²) in [6, 6.07) is 0. The van der Waals surface area contributed by atoms with Crippen molar-refractivity contribution in [1.82, 2.24) is 0 Å². The van der Waals surface area contributed by atoms with Crippen LogP contribution in [0.2, 0.25) is 0 Å². The van der Waals surface area contributed by atoms with Gasteiger partial charge < -0.3 is 0 Å². The normalized spacial score (nSPS) is 10.0. The first-order valence-corrected chi connectivity index (χ1v) is 2.39. The molecule has 37 valence electrons. The summed E-state index contributed by atoms with van der Waals surface area (Å²) in [5.41, 5.74) is 0. The first-order valence-electron chi connectivity index (χ1n) is 1.47. The van der Waals surface area contributed by atoms with Crippen molar-refractivity contribution in [3.63, 3.8) is 0 Å². The van der Waals surface area contributed by atoms with Gasteiger partial charge in [-0.15, -0.1) is 0 Å². The molecular weight excluding hydrogens is 154 g/mol. The SMILES string of the molecule is FC(F)C[CH]Br. The molecule has 0 amide bonds. The summed E-state index contributed by atoms with van der Waals surface area (Å²) in [7, 11) is 0. The fourth-order valence-electron chi connectivity index (χ4n) is 0.0673. The van der Waals surface area contributed by atoms with E-state index in [-0.39, 0.29) is 6.42 Å². The Bertz CT molecular complexity index is 30.0. The van der Waals surface area contributed by atoms with Crippen LogP contribution in [-0.2, 0) is 0 Å². The smallest absolute Gasteiger partial charge is 0.210 e. The number of halogens is 3. The third-order valence-corrected chi connectivity index (χ3v) is 0.641. The highest BCUT2D eigenvalue weighted by molar-refractivity contribution is 9.10. The molecule has 0 spiro atoms. The van der Waals surface area contributed by atoms with E-state index in [9.17, 15) is 8.78 Å². The molecule has 1 radical (unpaired) electrons. The Labute approximate surface area is 43.7 Å². The Morgan fingerprint density at radius 3 is 2.17 bits per heavy atom. The van der Waals surface area contributed by atoms with Gasteiger partial charge in [0.05, 0.1) is 0 Å². The van der Waals surface area contributed by atoms with Crippen LogP contribution < -0.4 is 0 Å². The lowest BCUT2D eigenvalue weighted by Gasteiger charge is -1.86. The lowest BCUT2D eigenvalue weighted by molar-refractivity contribution is 0.150. The van der Waals surface area contributed by atoms with Crippen LogP contribution in [0.5, 0.6) is 0 Å². The molecule has 0 aromatic rings. The number of hydrogen-bond acceptors (Lipinski definition) is 0. The van der Waals surface area contributed by atoms with Crippen molar-refractivity contribution in [2.45, 2.75) is 12.8 Å². The molecule has 0 rings (SSSR count). The predicted molar refractivity (Wildman–Crippen MR) is 23.8 cm³/mol. The van der Waals surface area contributed by atoms with E-state index in [0.717, 1.165) is 0 Å². The van der Waals surface area contributed by atoms with Gasteiger partial charge in [-0.05, 0) is 0 Å². The lowest BCUT2D eigenvalue weighted by Crippen LogP contribution is -1.84. The van der Waals surface area contributed by atoms with Crippen molar-refractivity contribution < 1.29 is 8.78 Å². The molecule has 0 bridgehead atoms. The molecule has 0 heterocycles. The molecule has 0 aliphatic carbocycles. The van der Waals surface area contributed by atoms with E-state index in [1.54, 1.807) is 0 Å². The lowest BCUT2D eigenvalue weighted by atomic mass is 10.5. The van der Waals surface area contributed by atoms with E-state index >= 15 is 0 Å². The van der Waals surface area contributed by atoms with Crippen LogP contribution in [0.25, 0.3) is 0 Å². The van der Waals surface area contributed by atoms with Crippen LogP contribution in [0.1, 0.15) is 6.42 Å². The maximum atomic E-state index is 11.0. The van der Waals surface area contributed by atoms with Crippen molar-refractivity contribution in [2.24, 2.45) is 0 Å². The standard InChI is InChI=1S/C3H4BrF2/c4-2-1-3(5)6/h2-3H,1H2. The zero-order valence-corrected chi connectivity index (χ0v) is 4.58. The van der Waals surface area contributed by atoms with Gasteiger partial charge >= 0.3 is 0 Å². The molecule has 0 saturated carbocycles. The van der Waals surface area contributed by atoms with Gasteiger partial charge in [-0.1, -0.05) is 15.9 Å². The molecule has 0 fully saturated rings. The van der Waals surface area contributed by atoms with Crippen LogP contribution in [0, 0.1) is 5.33 Å². The second-order valence-electron chi connectivity index (χ2n) is 0.781. The van der Waals surface area contributed by atoms with Gasteiger partial charge in [-0.3, -0.25) is 0 Å². The molecule has 0 atom stereocenters. The number of hydrogen-bond donors (Lipinski definition) is 0. The van der Waals surface area contributed by atoms with Crippen molar-refractivity contribution >= 4 is 15.9 Å². The summed E-state index contributed by atoms with van der Waals surface area (Å²) >= 11 is 2.74. The maximum absolute atomic E-state index is 11.0. The summed E-state index contributed by atoms with van der Waals surface area (Å²) in [4.78, 5) is 0. The maximum Gasteiger partial charge on any atom is 0.239 e. The first-order chi connectivity index (χ1) is 2.77. The van der Waals surface area contributed by atoms with Gasteiger partial charge in [0, 0.05) is 11.8 Å². The highest BCUT2D eigenvalue weighted by Crippen LogP contribution is 2.04. The quantitative estimate of drug-likeness (QED) is 0.577. The van der Waals surface area contributed by atoms with E-state index in [1.165, 1.54) is 5.33 Å².